The molecule has 0 aliphatic heterocycles. The maximum Gasteiger partial charge on any atom is 0.00370 e. The van der Waals surface area contributed by atoms with E-state index in [1.54, 1.807) is 0 Å². The van der Waals surface area contributed by atoms with Crippen molar-refractivity contribution in [3.05, 3.63) is 36.0 Å². The summed E-state index contributed by atoms with van der Waals surface area (Å²) in [5, 5.41) is 0. The molecule has 0 heterocycles. The van der Waals surface area contributed by atoms with Gasteiger partial charge in [-0.2, -0.15) is 0 Å². The van der Waals surface area contributed by atoms with Crippen LogP contribution in [-0.4, -0.2) is 0 Å². The van der Waals surface area contributed by atoms with Gasteiger partial charge in [-0.05, 0) is 20.8 Å². The van der Waals surface area contributed by atoms with Gasteiger partial charge < -0.3 is 0 Å². The molecular weight excluding hydrogens is 144 g/mol. The van der Waals surface area contributed by atoms with Crippen molar-refractivity contribution in [1.29, 1.82) is 0 Å². The third-order valence-corrected chi connectivity index (χ3v) is 2.45. The summed E-state index contributed by atoms with van der Waals surface area (Å²) in [6.45, 7) is 14.5. The second kappa shape index (κ2) is 4.30. The van der Waals surface area contributed by atoms with Gasteiger partial charge in [0.05, 0.1) is 0 Å². The van der Waals surface area contributed by atoms with E-state index in [1.807, 2.05) is 6.08 Å². The topological polar surface area (TPSA) is 0 Å². The number of rotatable bonds is 3. The summed E-state index contributed by atoms with van der Waals surface area (Å²) >= 11 is 0. The van der Waals surface area contributed by atoms with E-state index in [0.29, 0.717) is 0 Å². The lowest BCUT2D eigenvalue weighted by molar-refractivity contribution is 0.574. The van der Waals surface area contributed by atoms with Crippen LogP contribution in [0.25, 0.3) is 0 Å². The first-order valence-electron chi connectivity index (χ1n) is 4.40. The fraction of sp³-hybridized carbons (Fsp3) is 0.500. The van der Waals surface area contributed by atoms with Crippen LogP contribution in [0.5, 0.6) is 0 Å². The largest absolute Gasteiger partial charge is 0.0988 e. The van der Waals surface area contributed by atoms with Crippen LogP contribution in [0.2, 0.25) is 0 Å². The van der Waals surface area contributed by atoms with Gasteiger partial charge >= 0.3 is 0 Å². The Labute approximate surface area is 76.7 Å². The van der Waals surface area contributed by atoms with E-state index >= 15 is 0 Å². The first kappa shape index (κ1) is 11.2. The highest BCUT2D eigenvalue weighted by Gasteiger charge is 2.16. The Morgan fingerprint density at radius 2 is 1.75 bits per heavy atom. The minimum Gasteiger partial charge on any atom is -0.0988 e. The molecule has 0 aromatic heterocycles. The normalized spacial score (nSPS) is 14.8. The molecule has 0 amide bonds. The van der Waals surface area contributed by atoms with E-state index in [9.17, 15) is 0 Å². The summed E-state index contributed by atoms with van der Waals surface area (Å²) in [7, 11) is 0. The first-order valence-corrected chi connectivity index (χ1v) is 4.40. The van der Waals surface area contributed by atoms with Crippen molar-refractivity contribution in [2.75, 3.05) is 0 Å². The summed E-state index contributed by atoms with van der Waals surface area (Å²) in [5.41, 5.74) is 2.82. The van der Waals surface area contributed by atoms with Gasteiger partial charge in [0.25, 0.3) is 0 Å². The molecule has 0 aromatic rings. The molecule has 0 radical (unpaired) electrons. The molecule has 0 heteroatoms. The van der Waals surface area contributed by atoms with Crippen LogP contribution < -0.4 is 0 Å². The molecule has 0 bridgehead atoms. The quantitative estimate of drug-likeness (QED) is 0.435. The third-order valence-electron chi connectivity index (χ3n) is 2.45. The molecular formula is C12H20. The van der Waals surface area contributed by atoms with Crippen LogP contribution >= 0.6 is 0 Å². The zero-order valence-corrected chi connectivity index (χ0v) is 8.94. The van der Waals surface area contributed by atoms with Gasteiger partial charge in [0, 0.05) is 5.41 Å². The maximum atomic E-state index is 3.77. The van der Waals surface area contributed by atoms with E-state index in [1.165, 1.54) is 11.1 Å². The van der Waals surface area contributed by atoms with E-state index in [-0.39, 0.29) is 5.41 Å². The summed E-state index contributed by atoms with van der Waals surface area (Å²) < 4.78 is 0. The Kier molecular flexibility index (Phi) is 4.02. The van der Waals surface area contributed by atoms with Crippen molar-refractivity contribution < 1.29 is 0 Å². The van der Waals surface area contributed by atoms with Crippen LogP contribution in [0.15, 0.2) is 36.0 Å². The SMILES string of the molecule is C=C/C(C)=C(\C)C(C)(C)C=CC. The highest BCUT2D eigenvalue weighted by Crippen LogP contribution is 2.30. The van der Waals surface area contributed by atoms with Crippen LogP contribution in [0.4, 0.5) is 0 Å². The van der Waals surface area contributed by atoms with Gasteiger partial charge in [-0.1, -0.05) is 49.8 Å². The lowest BCUT2D eigenvalue weighted by atomic mass is 9.82. The Bertz CT molecular complexity index is 214. The molecule has 0 aromatic carbocycles. The molecule has 0 fully saturated rings. The molecule has 0 nitrogen and oxygen atoms in total. The average molecular weight is 164 g/mol. The lowest BCUT2D eigenvalue weighted by Crippen LogP contribution is -2.10. The minimum absolute atomic E-state index is 0.160. The van der Waals surface area contributed by atoms with Crippen molar-refractivity contribution in [2.45, 2.75) is 34.6 Å². The third kappa shape index (κ3) is 2.69. The van der Waals surface area contributed by atoms with Gasteiger partial charge in [0.15, 0.2) is 0 Å². The number of hydrogen-bond donors (Lipinski definition) is 0. The molecule has 12 heavy (non-hydrogen) atoms. The van der Waals surface area contributed by atoms with E-state index in [0.717, 1.165) is 0 Å². The van der Waals surface area contributed by atoms with Gasteiger partial charge in [-0.15, -0.1) is 0 Å². The van der Waals surface area contributed by atoms with Crippen molar-refractivity contribution in [3.8, 4) is 0 Å². The van der Waals surface area contributed by atoms with Gasteiger partial charge in [-0.25, -0.2) is 0 Å². The van der Waals surface area contributed by atoms with Crippen LogP contribution in [0, 0.1) is 5.41 Å². The predicted octanol–water partition coefficient (Wildman–Crippen LogP) is 4.11. The van der Waals surface area contributed by atoms with Gasteiger partial charge in [-0.3, -0.25) is 0 Å². The van der Waals surface area contributed by atoms with Gasteiger partial charge in [0.1, 0.15) is 0 Å². The van der Waals surface area contributed by atoms with E-state index < -0.39 is 0 Å². The van der Waals surface area contributed by atoms with E-state index in [2.05, 4.69) is 53.3 Å². The molecule has 0 unspecified atom stereocenters. The Morgan fingerprint density at radius 3 is 2.08 bits per heavy atom. The standard InChI is InChI=1S/C12H20/c1-7-9-12(5,6)11(4)10(3)8-2/h7-9H,2H2,1,3-6H3/b9-7?,11-10+. The minimum atomic E-state index is 0.160. The van der Waals surface area contributed by atoms with Crippen molar-refractivity contribution >= 4 is 0 Å². The molecule has 0 spiro atoms. The van der Waals surface area contributed by atoms with Crippen molar-refractivity contribution in [2.24, 2.45) is 5.41 Å². The summed E-state index contributed by atoms with van der Waals surface area (Å²) in [4.78, 5) is 0. The molecule has 0 aliphatic rings. The van der Waals surface area contributed by atoms with Crippen LogP contribution in [-0.2, 0) is 0 Å². The average Bonchev–Trinajstić information content (AvgIpc) is 2.01. The highest BCUT2D eigenvalue weighted by molar-refractivity contribution is 5.28. The Balaban J connectivity index is 4.90. The fourth-order valence-electron chi connectivity index (χ4n) is 1.20. The van der Waals surface area contributed by atoms with Crippen LogP contribution in [0.3, 0.4) is 0 Å². The zero-order chi connectivity index (χ0) is 9.78. The molecule has 0 atom stereocenters. The second-order valence-corrected chi connectivity index (χ2v) is 3.73. The van der Waals surface area contributed by atoms with E-state index in [4.69, 9.17) is 0 Å². The fourth-order valence-corrected chi connectivity index (χ4v) is 1.20. The number of allylic oxidation sites excluding steroid dienone is 5. The first-order chi connectivity index (χ1) is 5.45. The molecule has 0 rings (SSSR count). The molecule has 0 saturated heterocycles. The Morgan fingerprint density at radius 1 is 1.25 bits per heavy atom. The molecule has 0 saturated carbocycles. The Hall–Kier alpha value is -0.780. The molecule has 0 aliphatic carbocycles. The molecule has 0 N–H and O–H groups in total. The maximum absolute atomic E-state index is 3.77. The highest BCUT2D eigenvalue weighted by atomic mass is 14.2. The second-order valence-electron chi connectivity index (χ2n) is 3.73. The summed E-state index contributed by atoms with van der Waals surface area (Å²) in [5.74, 6) is 0. The lowest BCUT2D eigenvalue weighted by Gasteiger charge is -2.23. The van der Waals surface area contributed by atoms with Crippen LogP contribution in [0.1, 0.15) is 34.6 Å². The number of hydrogen-bond acceptors (Lipinski definition) is 0. The monoisotopic (exact) mass is 164 g/mol. The smallest absolute Gasteiger partial charge is 0.00370 e. The van der Waals surface area contributed by atoms with Crippen molar-refractivity contribution in [1.82, 2.24) is 0 Å². The molecule has 68 valence electrons. The van der Waals surface area contributed by atoms with Crippen molar-refractivity contribution in [3.63, 3.8) is 0 Å². The zero-order valence-electron chi connectivity index (χ0n) is 8.94. The van der Waals surface area contributed by atoms with Gasteiger partial charge in [0.2, 0.25) is 0 Å². The predicted molar refractivity (Wildman–Crippen MR) is 57.2 cm³/mol. The summed E-state index contributed by atoms with van der Waals surface area (Å²) in [6, 6.07) is 0. The summed E-state index contributed by atoms with van der Waals surface area (Å²) in [6.07, 6.45) is 6.23.